The Morgan fingerprint density at radius 2 is 1.63 bits per heavy atom. The predicted molar refractivity (Wildman–Crippen MR) is 245 cm³/mol. The predicted octanol–water partition coefficient (Wildman–Crippen LogP) is 14.1. The molecular formula is C53H48N3W-3. The normalized spacial score (nSPS) is 13.9. The van der Waals surface area contributed by atoms with Crippen LogP contribution in [0.5, 0.6) is 0 Å². The second kappa shape index (κ2) is 20.7. The third-order valence-electron chi connectivity index (χ3n) is 9.72. The van der Waals surface area contributed by atoms with Crippen LogP contribution < -0.4 is 0 Å². The minimum atomic E-state index is 0. The summed E-state index contributed by atoms with van der Waals surface area (Å²) in [7, 11) is 0. The fraction of sp³-hybridized carbons (Fsp3) is 0.0943. The van der Waals surface area contributed by atoms with E-state index in [2.05, 4.69) is 188 Å². The van der Waals surface area contributed by atoms with Gasteiger partial charge in [0.05, 0.1) is 22.1 Å². The molecule has 0 amide bonds. The van der Waals surface area contributed by atoms with Gasteiger partial charge >= 0.3 is 0 Å². The van der Waals surface area contributed by atoms with E-state index in [0.717, 1.165) is 30.5 Å². The van der Waals surface area contributed by atoms with Crippen molar-refractivity contribution in [3.63, 3.8) is 0 Å². The van der Waals surface area contributed by atoms with Crippen LogP contribution in [0.4, 0.5) is 0 Å². The van der Waals surface area contributed by atoms with Crippen LogP contribution in [0, 0.1) is 24.5 Å². The number of aromatic nitrogens is 2. The molecule has 4 heteroatoms. The van der Waals surface area contributed by atoms with Gasteiger partial charge in [-0.1, -0.05) is 115 Å². The fourth-order valence-corrected chi connectivity index (χ4v) is 7.40. The summed E-state index contributed by atoms with van der Waals surface area (Å²) >= 11 is 0. The van der Waals surface area contributed by atoms with Gasteiger partial charge in [0, 0.05) is 54.0 Å². The zero-order valence-electron chi connectivity index (χ0n) is 32.7. The van der Waals surface area contributed by atoms with E-state index in [1.54, 1.807) is 0 Å². The van der Waals surface area contributed by atoms with E-state index in [0.29, 0.717) is 0 Å². The van der Waals surface area contributed by atoms with Gasteiger partial charge in [-0.25, -0.2) is 30.7 Å². The average molecular weight is 911 g/mol. The minimum absolute atomic E-state index is 0. The topological polar surface area (TPSA) is 33.7 Å². The number of rotatable bonds is 9. The Labute approximate surface area is 352 Å². The van der Waals surface area contributed by atoms with E-state index in [9.17, 15) is 0 Å². The molecular weight excluding hydrogens is 862 g/mol. The Morgan fingerprint density at radius 1 is 0.895 bits per heavy atom. The molecule has 2 aliphatic carbocycles. The van der Waals surface area contributed by atoms with Gasteiger partial charge in [0.2, 0.25) is 0 Å². The van der Waals surface area contributed by atoms with Gasteiger partial charge in [-0.15, -0.1) is 5.56 Å². The van der Waals surface area contributed by atoms with E-state index >= 15 is 0 Å². The number of nitrogens with zero attached hydrogens (tertiary/aromatic N) is 2. The Morgan fingerprint density at radius 3 is 2.40 bits per heavy atom. The van der Waals surface area contributed by atoms with Crippen LogP contribution in [-0.2, 0) is 27.5 Å². The van der Waals surface area contributed by atoms with E-state index in [-0.39, 0.29) is 21.1 Å². The Kier molecular flexibility index (Phi) is 15.2. The Balaban J connectivity index is 0.000000240. The quantitative estimate of drug-likeness (QED) is 0.0852. The molecule has 0 radical (unpaired) electrons. The first-order chi connectivity index (χ1) is 27.6. The number of para-hydroxylation sites is 2. The van der Waals surface area contributed by atoms with Crippen molar-refractivity contribution in [1.82, 2.24) is 9.13 Å². The van der Waals surface area contributed by atoms with Gasteiger partial charge in [0.25, 0.3) is 0 Å². The number of hydrogen-bond acceptors (Lipinski definition) is 1. The zero-order chi connectivity index (χ0) is 39.3. The zero-order valence-corrected chi connectivity index (χ0v) is 35.7. The van der Waals surface area contributed by atoms with E-state index in [1.165, 1.54) is 72.1 Å². The fourth-order valence-electron chi connectivity index (χ4n) is 7.40. The molecule has 2 heterocycles. The molecule has 57 heavy (non-hydrogen) atoms. The number of benzene rings is 4. The Bertz CT molecular complexity index is 2670. The number of nitrogens with one attached hydrogen (secondary N) is 1. The van der Waals surface area contributed by atoms with Crippen LogP contribution in [0.3, 0.4) is 0 Å². The summed E-state index contributed by atoms with van der Waals surface area (Å²) in [5, 5.41) is 10.5. The molecule has 0 aliphatic heterocycles. The maximum atomic E-state index is 5.50. The summed E-state index contributed by atoms with van der Waals surface area (Å²) in [5.74, 6) is 0. The van der Waals surface area contributed by atoms with Crippen LogP contribution in [0.25, 0.3) is 55.0 Å². The Hall–Kier alpha value is -6.15. The molecule has 0 fully saturated rings. The summed E-state index contributed by atoms with van der Waals surface area (Å²) < 4.78 is 4.79. The third kappa shape index (κ3) is 9.63. The summed E-state index contributed by atoms with van der Waals surface area (Å²) in [4.78, 5) is 0. The summed E-state index contributed by atoms with van der Waals surface area (Å²) in [6.45, 7) is 16.0. The van der Waals surface area contributed by atoms with Crippen molar-refractivity contribution in [2.75, 3.05) is 0 Å². The maximum Gasteiger partial charge on any atom is 0.0548 e. The molecule has 2 aliphatic rings. The summed E-state index contributed by atoms with van der Waals surface area (Å²) in [6.07, 6.45) is 38.1. The molecule has 4 aromatic carbocycles. The molecule has 6 aromatic rings. The van der Waals surface area contributed by atoms with Crippen molar-refractivity contribution in [1.29, 1.82) is 5.41 Å². The molecule has 0 spiro atoms. The van der Waals surface area contributed by atoms with Crippen LogP contribution in [0.1, 0.15) is 37.8 Å². The van der Waals surface area contributed by atoms with Crippen LogP contribution >= 0.6 is 0 Å². The molecule has 284 valence electrons. The number of hydrogen-bond donors (Lipinski definition) is 1. The van der Waals surface area contributed by atoms with Crippen molar-refractivity contribution >= 4 is 61.7 Å². The molecule has 0 bridgehead atoms. The molecule has 0 saturated carbocycles. The van der Waals surface area contributed by atoms with Crippen molar-refractivity contribution in [2.24, 2.45) is 0 Å². The van der Waals surface area contributed by atoms with Gasteiger partial charge < -0.3 is 14.5 Å². The summed E-state index contributed by atoms with van der Waals surface area (Å²) in [5.41, 5.74) is 12.3. The van der Waals surface area contributed by atoms with Gasteiger partial charge in [-0.2, -0.15) is 6.07 Å². The third-order valence-corrected chi connectivity index (χ3v) is 9.72. The maximum absolute atomic E-state index is 5.50. The van der Waals surface area contributed by atoms with Crippen LogP contribution in [0.2, 0.25) is 0 Å². The molecule has 0 saturated heterocycles. The van der Waals surface area contributed by atoms with Crippen molar-refractivity contribution < 1.29 is 21.1 Å². The molecule has 2 aromatic heterocycles. The van der Waals surface area contributed by atoms with Gasteiger partial charge in [0.15, 0.2) is 0 Å². The second-order valence-electron chi connectivity index (χ2n) is 13.5. The monoisotopic (exact) mass is 910 g/mol. The number of fused-ring (bicyclic) bond motifs is 6. The molecule has 0 unspecified atom stereocenters. The molecule has 3 nitrogen and oxygen atoms in total. The van der Waals surface area contributed by atoms with Crippen molar-refractivity contribution in [3.8, 4) is 0 Å². The van der Waals surface area contributed by atoms with Crippen molar-refractivity contribution in [2.45, 2.75) is 33.1 Å². The van der Waals surface area contributed by atoms with Crippen LogP contribution in [0.15, 0.2) is 194 Å². The number of allylic oxidation sites excluding steroid dienone is 20. The van der Waals surface area contributed by atoms with E-state index < -0.39 is 0 Å². The van der Waals surface area contributed by atoms with Gasteiger partial charge in [-0.05, 0) is 87.9 Å². The summed E-state index contributed by atoms with van der Waals surface area (Å²) in [6, 6.07) is 31.7. The first kappa shape index (κ1) is 42.0. The van der Waals surface area contributed by atoms with Gasteiger partial charge in [-0.3, -0.25) is 18.2 Å². The standard InChI is InChI=1S/C33H28N2.C19H17.CH3N.W/c1-4-12-24(13-5-2)34-30-18-10-8-16-26(30)28-22-33-29(21-32(28)34)27-17-9-11-19-31(27)35(33)25-15-7-6-14-23(3)20-25;1-2-3-6-10-18-13-9-14-19(16-18)15-17-11-7-4-5-8-12-17;1-2;/h4-6,8-22H,1,7H2,2-3H3;1-11,14,16H,12,15H2;2H,1H2;/q;-3;;/b13-5-,24-12+;6-3-;;. The van der Waals surface area contributed by atoms with Crippen LogP contribution in [-0.4, -0.2) is 15.9 Å². The second-order valence-corrected chi connectivity index (χ2v) is 13.5. The first-order valence-electron chi connectivity index (χ1n) is 19.0. The van der Waals surface area contributed by atoms with E-state index in [4.69, 9.17) is 12.0 Å². The van der Waals surface area contributed by atoms with Gasteiger partial charge in [0.1, 0.15) is 0 Å². The molecule has 8 rings (SSSR count). The molecule has 0 atom stereocenters. The smallest absolute Gasteiger partial charge is 0.0548 e. The van der Waals surface area contributed by atoms with E-state index in [1.807, 2.05) is 30.7 Å². The average Bonchev–Trinajstić information content (AvgIpc) is 3.43. The molecule has 1 N–H and O–H groups in total. The SMILES string of the molecule is C=C/C=C(\C=C/C)n1c2ccccc2c2cc3c(cc21)c1ccccc1n3C1=CCC=CC(C)=C1.C=N.[CH-]=C/C=C\[CH-]c1[c-]ccc(CC2=CC=CC=CC2)c1.[W]. The largest absolute Gasteiger partial charge is 0.317 e. The van der Waals surface area contributed by atoms with Crippen molar-refractivity contribution in [3.05, 3.63) is 224 Å². The minimum Gasteiger partial charge on any atom is -0.317 e. The first-order valence-corrected chi connectivity index (χ1v) is 19.0.